The van der Waals surface area contributed by atoms with Crippen LogP contribution in [0.15, 0.2) is 313 Å². The highest BCUT2D eigenvalue weighted by atomic mass is 16.6. The van der Waals surface area contributed by atoms with Gasteiger partial charge in [0.15, 0.2) is 23.1 Å². The summed E-state index contributed by atoms with van der Waals surface area (Å²) >= 11 is 0. The number of rotatable bonds is 20. The molecule has 5 aliphatic rings. The van der Waals surface area contributed by atoms with Crippen molar-refractivity contribution in [3.05, 3.63) is 403 Å². The highest BCUT2D eigenvalue weighted by Gasteiger charge is 2.64. The van der Waals surface area contributed by atoms with E-state index in [-0.39, 0.29) is 77.9 Å². The zero-order chi connectivity index (χ0) is 76.1. The van der Waals surface area contributed by atoms with Gasteiger partial charge in [-0.3, -0.25) is 47.9 Å². The van der Waals surface area contributed by atoms with Gasteiger partial charge in [-0.2, -0.15) is 0 Å². The minimum atomic E-state index is -2.80. The Balaban J connectivity index is 0.935. The Bertz CT molecular complexity index is 5500. The molecule has 111 heavy (non-hydrogen) atoms. The van der Waals surface area contributed by atoms with E-state index in [0.717, 1.165) is 0 Å². The number of fused-ring (bicyclic) bond motifs is 9. The Morgan fingerprint density at radius 3 is 0.694 bits per heavy atom. The van der Waals surface area contributed by atoms with Gasteiger partial charge in [-0.15, -0.1) is 0 Å². The van der Waals surface area contributed by atoms with Crippen molar-refractivity contribution in [1.29, 1.82) is 0 Å². The van der Waals surface area contributed by atoms with Gasteiger partial charge in [-0.05, 0) is 183 Å². The molecular weight excluding hydrogens is 1400 g/mol. The summed E-state index contributed by atoms with van der Waals surface area (Å²) in [6.07, 6.45) is 5.17. The van der Waals surface area contributed by atoms with E-state index in [4.69, 9.17) is 28.4 Å². The molecule has 0 heterocycles. The molecule has 0 fully saturated rings. The van der Waals surface area contributed by atoms with Crippen molar-refractivity contribution in [2.45, 2.75) is 55.9 Å². The van der Waals surface area contributed by atoms with Crippen LogP contribution >= 0.6 is 0 Å². The standard InChI is InChI=1S/C95H62O16/c96-83-73-41-63-35-19-20-36-64(63)42-74(73)84(97)77(83)47-69-39-67-45-81-71(49-79(67)93(69,87(100)106-51-57-23-7-1-8-24-57)88(101)107-52-58-25-9-2-10-26-58)72-50-80-68(46-82(72)95(81,91(104)110-55-61-31-15-5-16-32-61)92(105)111-56-62-33-17-6-18-34-62)40-70(48-78-85(98)75-43-65-37-21-22-38-66(65)44-76(75)86(78)99)94(80,89(102)108-53-59-27-11-3-12-28-59)90(103)109-54-60-29-13-4-14-30-60/h1-50H,51-56H2. The monoisotopic (exact) mass is 1460 g/mol. The molecule has 0 atom stereocenters. The van der Waals surface area contributed by atoms with Gasteiger partial charge in [0.05, 0.1) is 11.1 Å². The van der Waals surface area contributed by atoms with Gasteiger partial charge in [0.25, 0.3) is 0 Å². The number of ether oxygens (including phenoxy) is 6. The van der Waals surface area contributed by atoms with Crippen LogP contribution in [0, 0.1) is 0 Å². The summed E-state index contributed by atoms with van der Waals surface area (Å²) in [6, 6.07) is 78.4. The predicted molar refractivity (Wildman–Crippen MR) is 411 cm³/mol. The minimum Gasteiger partial charge on any atom is -0.459 e. The third kappa shape index (κ3) is 11.9. The first-order valence-corrected chi connectivity index (χ1v) is 35.9. The Labute approximate surface area is 635 Å². The minimum absolute atomic E-state index is 0.0107. The van der Waals surface area contributed by atoms with E-state index in [1.165, 1.54) is 48.6 Å². The first kappa shape index (κ1) is 69.7. The summed E-state index contributed by atoms with van der Waals surface area (Å²) in [5.41, 5.74) is -7.29. The van der Waals surface area contributed by atoms with Crippen molar-refractivity contribution in [2.75, 3.05) is 0 Å². The van der Waals surface area contributed by atoms with E-state index >= 15 is 47.9 Å². The van der Waals surface area contributed by atoms with Crippen molar-refractivity contribution in [3.63, 3.8) is 0 Å². The smallest absolute Gasteiger partial charge is 0.333 e. The normalized spacial score (nSPS) is 14.7. The number of hydrogen-bond donors (Lipinski definition) is 0. The van der Waals surface area contributed by atoms with Crippen LogP contribution in [0.2, 0.25) is 0 Å². The van der Waals surface area contributed by atoms with Crippen LogP contribution in [0.5, 0.6) is 0 Å². The maximum atomic E-state index is 16.6. The van der Waals surface area contributed by atoms with Crippen molar-refractivity contribution >= 4 is 92.6 Å². The van der Waals surface area contributed by atoms with Crippen LogP contribution < -0.4 is 0 Å². The first-order chi connectivity index (χ1) is 54.1. The van der Waals surface area contributed by atoms with Gasteiger partial charge in [0.2, 0.25) is 16.2 Å². The molecular formula is C95H62O16. The van der Waals surface area contributed by atoms with Gasteiger partial charge in [-0.1, -0.05) is 231 Å². The molecule has 0 unspecified atom stereocenters. The molecule has 0 spiro atoms. The molecule has 538 valence electrons. The summed E-state index contributed by atoms with van der Waals surface area (Å²) in [5.74, 6) is -10.2. The molecule has 16 nitrogen and oxygen atoms in total. The van der Waals surface area contributed by atoms with E-state index in [9.17, 15) is 0 Å². The highest BCUT2D eigenvalue weighted by Crippen LogP contribution is 2.59. The van der Waals surface area contributed by atoms with Gasteiger partial charge >= 0.3 is 35.8 Å². The molecule has 0 amide bonds. The third-order valence-corrected chi connectivity index (χ3v) is 21.2. The topological polar surface area (TPSA) is 226 Å². The van der Waals surface area contributed by atoms with Crippen molar-refractivity contribution in [1.82, 2.24) is 0 Å². The lowest BCUT2D eigenvalue weighted by Crippen LogP contribution is -2.47. The van der Waals surface area contributed by atoms with Gasteiger partial charge < -0.3 is 28.4 Å². The first-order valence-electron chi connectivity index (χ1n) is 35.9. The number of carbonyl (C=O) groups excluding carboxylic acids is 10. The zero-order valence-corrected chi connectivity index (χ0v) is 59.1. The van der Waals surface area contributed by atoms with Crippen LogP contribution in [0.1, 0.15) is 108 Å². The molecule has 0 saturated heterocycles. The van der Waals surface area contributed by atoms with E-state index in [1.54, 1.807) is 255 Å². The van der Waals surface area contributed by atoms with Crippen LogP contribution in [0.3, 0.4) is 0 Å². The number of allylic oxidation sites excluding steroid dienone is 4. The van der Waals surface area contributed by atoms with E-state index < -0.39 is 126 Å². The SMILES string of the molecule is O=C1C(=CC2=Cc3cc4c(cc3C2(C(=O)OCc2ccccc2)C(=O)OCc2ccccc2)-c2cc3c(cc2C4(C(=O)OCc2ccccc2)C(=O)OCc2ccccc2)C=C(C=C2C(=O)c4cc5ccccc5cc4C2=O)C3(C(=O)OCc2ccccc2)C(=O)OCc2ccccc2)C(=O)c2cc3ccccc3cc21. The second-order valence-corrected chi connectivity index (χ2v) is 27.7. The molecule has 12 aromatic carbocycles. The Hall–Kier alpha value is -14.4. The fourth-order valence-corrected chi connectivity index (χ4v) is 15.7. The molecule has 12 aromatic rings. The van der Waals surface area contributed by atoms with E-state index in [2.05, 4.69) is 0 Å². The number of benzene rings is 12. The lowest BCUT2D eigenvalue weighted by atomic mass is 9.73. The molecule has 0 saturated carbocycles. The van der Waals surface area contributed by atoms with Crippen molar-refractivity contribution < 1.29 is 76.4 Å². The summed E-state index contributed by atoms with van der Waals surface area (Å²) in [5, 5.41) is 2.65. The number of carbonyl (C=O) groups is 10. The number of hydrogen-bond acceptors (Lipinski definition) is 16. The summed E-state index contributed by atoms with van der Waals surface area (Å²) in [7, 11) is 0. The van der Waals surface area contributed by atoms with E-state index in [0.29, 0.717) is 54.9 Å². The molecule has 0 bridgehead atoms. The molecule has 0 radical (unpaired) electrons. The van der Waals surface area contributed by atoms with Crippen molar-refractivity contribution in [2.24, 2.45) is 0 Å². The number of ketones is 4. The molecule has 0 N–H and O–H groups in total. The zero-order valence-electron chi connectivity index (χ0n) is 59.1. The number of Topliss-reactive ketones (excluding diaryl/α,β-unsaturated/α-hetero) is 4. The van der Waals surface area contributed by atoms with Crippen molar-refractivity contribution in [3.8, 4) is 11.1 Å². The Morgan fingerprint density at radius 2 is 0.459 bits per heavy atom. The second-order valence-electron chi connectivity index (χ2n) is 27.7. The van der Waals surface area contributed by atoms with Crippen LogP contribution in [-0.2, 0) is 113 Å². The fourth-order valence-electron chi connectivity index (χ4n) is 15.7. The average Bonchev–Trinajstić information content (AvgIpc) is 1.51. The third-order valence-electron chi connectivity index (χ3n) is 21.2. The predicted octanol–water partition coefficient (Wildman–Crippen LogP) is 16.0. The summed E-state index contributed by atoms with van der Waals surface area (Å²) in [6.45, 7) is -2.48. The number of esters is 6. The van der Waals surface area contributed by atoms with E-state index in [1.807, 2.05) is 0 Å². The summed E-state index contributed by atoms with van der Waals surface area (Å²) in [4.78, 5) is 159. The molecule has 16 heteroatoms. The maximum Gasteiger partial charge on any atom is 0.333 e. The Kier molecular flexibility index (Phi) is 17.8. The van der Waals surface area contributed by atoms with Crippen LogP contribution in [-0.4, -0.2) is 58.9 Å². The highest BCUT2D eigenvalue weighted by molar-refractivity contribution is 6.42. The molecule has 0 aliphatic heterocycles. The largest absolute Gasteiger partial charge is 0.459 e. The van der Waals surface area contributed by atoms with Crippen LogP contribution in [0.25, 0.3) is 44.8 Å². The van der Waals surface area contributed by atoms with Gasteiger partial charge in [0, 0.05) is 22.3 Å². The summed E-state index contributed by atoms with van der Waals surface area (Å²) < 4.78 is 38.2. The average molecular weight is 1460 g/mol. The van der Waals surface area contributed by atoms with Crippen LogP contribution in [0.4, 0.5) is 0 Å². The lowest BCUT2D eigenvalue weighted by molar-refractivity contribution is -0.166. The fraction of sp³-hybridized carbons (Fsp3) is 0.0947. The van der Waals surface area contributed by atoms with Gasteiger partial charge in [0.1, 0.15) is 39.6 Å². The quantitative estimate of drug-likeness (QED) is 0.0227. The Morgan fingerprint density at radius 1 is 0.243 bits per heavy atom. The lowest BCUT2D eigenvalue weighted by Gasteiger charge is -2.30. The molecule has 17 rings (SSSR count). The molecule has 0 aromatic heterocycles. The van der Waals surface area contributed by atoms with Gasteiger partial charge in [-0.25, -0.2) is 0 Å². The maximum absolute atomic E-state index is 16.6. The molecule has 5 aliphatic carbocycles. The second kappa shape index (κ2) is 28.4.